The zero-order valence-corrected chi connectivity index (χ0v) is 35.7. The number of allylic oxidation sites excluding steroid dienone is 5. The Labute approximate surface area is 334 Å². The summed E-state index contributed by atoms with van der Waals surface area (Å²) in [7, 11) is 0. The molecule has 0 radical (unpaired) electrons. The molecule has 0 N–H and O–H groups in total. The van der Waals surface area contributed by atoms with Crippen LogP contribution in [0.1, 0.15) is 153 Å². The lowest BCUT2D eigenvalue weighted by Gasteiger charge is -2.60. The fourth-order valence-electron chi connectivity index (χ4n) is 15.5. The molecule has 0 aromatic carbocycles. The molecule has 0 aromatic rings. The molecule has 8 aliphatic rings. The third-order valence-electron chi connectivity index (χ3n) is 18.1. The average molecular weight is 771 g/mol. The molecule has 8 nitrogen and oxygen atoms in total. The second-order valence-electron chi connectivity index (χ2n) is 20.5. The number of hydrogen-bond donors (Lipinski definition) is 0. The standard InChI is InChI=1S/C24H34O4.C24H32O4/c2*1-14-12-18-19(22(4)9-6-17(27)13-21(14)22)7-10-23(5)20(18)8-11-24(23,15(2)25)28-16(3)26/h13-14,18-20H,6-12H2,1-5H3;12-13,18-20H,6-11H2,1-5H3/t14-,18+,19-,20-,22+,23-,24-;18-,19+,20+,22-,23+,24+/m01/s1. The normalized spacial score (nSPS) is 46.0. The first-order valence-electron chi connectivity index (χ1n) is 21.7. The largest absolute Gasteiger partial charge is 0.451 e. The summed E-state index contributed by atoms with van der Waals surface area (Å²) in [4.78, 5) is 73.6. The molecule has 56 heavy (non-hydrogen) atoms. The first kappa shape index (κ1) is 41.0. The van der Waals surface area contributed by atoms with E-state index in [4.69, 9.17) is 9.47 Å². The Morgan fingerprint density at radius 3 is 1.66 bits per heavy atom. The van der Waals surface area contributed by atoms with E-state index in [0.29, 0.717) is 67.1 Å². The molecule has 8 heteroatoms. The van der Waals surface area contributed by atoms with Crippen LogP contribution >= 0.6 is 0 Å². The molecule has 0 saturated heterocycles. The van der Waals surface area contributed by atoms with Crippen LogP contribution in [-0.2, 0) is 38.2 Å². The van der Waals surface area contributed by atoms with Crippen LogP contribution in [0, 0.1) is 63.1 Å². The van der Waals surface area contributed by atoms with Crippen molar-refractivity contribution in [1.29, 1.82) is 0 Å². The predicted molar refractivity (Wildman–Crippen MR) is 213 cm³/mol. The summed E-state index contributed by atoms with van der Waals surface area (Å²) in [5, 5.41) is 0. The average Bonchev–Trinajstić information content (AvgIpc) is 3.58. The topological polar surface area (TPSA) is 121 Å². The molecular formula is C48H66O8. The second kappa shape index (κ2) is 13.7. The minimum absolute atomic E-state index is 0.00469. The highest BCUT2D eigenvalue weighted by Crippen LogP contribution is 2.70. The molecule has 0 unspecified atom stereocenters. The van der Waals surface area contributed by atoms with Crippen molar-refractivity contribution < 1.29 is 38.2 Å². The smallest absolute Gasteiger partial charge is 0.303 e. The molecule has 8 aliphatic carbocycles. The minimum atomic E-state index is -0.990. The van der Waals surface area contributed by atoms with Gasteiger partial charge in [0.25, 0.3) is 0 Å². The summed E-state index contributed by atoms with van der Waals surface area (Å²) < 4.78 is 11.7. The molecule has 0 aromatic heterocycles. The number of hydrogen-bond acceptors (Lipinski definition) is 8. The maximum atomic E-state index is 12.8. The zero-order chi connectivity index (χ0) is 41.0. The van der Waals surface area contributed by atoms with Crippen LogP contribution in [0.2, 0.25) is 0 Å². The van der Waals surface area contributed by atoms with E-state index in [-0.39, 0.29) is 56.7 Å². The lowest BCUT2D eigenvalue weighted by molar-refractivity contribution is -0.187. The van der Waals surface area contributed by atoms with Crippen LogP contribution in [0.4, 0.5) is 0 Å². The van der Waals surface area contributed by atoms with Gasteiger partial charge in [0.1, 0.15) is 0 Å². The summed E-state index contributed by atoms with van der Waals surface area (Å²) in [5.41, 5.74) is 1.37. The zero-order valence-electron chi connectivity index (χ0n) is 35.7. The van der Waals surface area contributed by atoms with E-state index in [1.807, 2.05) is 12.2 Å². The Kier molecular flexibility index (Phi) is 10.0. The monoisotopic (exact) mass is 770 g/mol. The number of carbonyl (C=O) groups is 6. The molecule has 5 saturated carbocycles. The van der Waals surface area contributed by atoms with Gasteiger partial charge in [0.15, 0.2) is 34.3 Å². The molecule has 0 aliphatic heterocycles. The van der Waals surface area contributed by atoms with Gasteiger partial charge in [-0.15, -0.1) is 0 Å². The van der Waals surface area contributed by atoms with Crippen molar-refractivity contribution in [2.45, 2.75) is 164 Å². The van der Waals surface area contributed by atoms with Gasteiger partial charge < -0.3 is 9.47 Å². The van der Waals surface area contributed by atoms with E-state index in [2.05, 4.69) is 47.6 Å². The lowest BCUT2D eigenvalue weighted by Crippen LogP contribution is -2.59. The number of carbonyl (C=O) groups excluding carboxylic acids is 6. The highest BCUT2D eigenvalue weighted by molar-refractivity contribution is 5.93. The summed E-state index contributed by atoms with van der Waals surface area (Å²) in [5.74, 6) is 2.85. The van der Waals surface area contributed by atoms with Gasteiger partial charge in [-0.3, -0.25) is 28.8 Å². The van der Waals surface area contributed by atoms with Gasteiger partial charge in [0.05, 0.1) is 0 Å². The van der Waals surface area contributed by atoms with Gasteiger partial charge in [0, 0.05) is 37.5 Å². The summed E-state index contributed by atoms with van der Waals surface area (Å²) in [6.45, 7) is 19.5. The number of Topliss-reactive ketones (excluding diaryl/α,β-unsaturated/α-hetero) is 2. The first-order valence-corrected chi connectivity index (χ1v) is 21.7. The van der Waals surface area contributed by atoms with Crippen molar-refractivity contribution >= 4 is 35.1 Å². The molecule has 306 valence electrons. The third kappa shape index (κ3) is 5.70. The van der Waals surface area contributed by atoms with Crippen LogP contribution in [0.15, 0.2) is 34.9 Å². The van der Waals surface area contributed by atoms with E-state index >= 15 is 0 Å². The van der Waals surface area contributed by atoms with Crippen LogP contribution < -0.4 is 0 Å². The molecule has 0 spiro atoms. The van der Waals surface area contributed by atoms with Gasteiger partial charge in [-0.2, -0.15) is 0 Å². The first-order chi connectivity index (χ1) is 26.1. The maximum Gasteiger partial charge on any atom is 0.303 e. The van der Waals surface area contributed by atoms with Crippen molar-refractivity contribution in [3.8, 4) is 0 Å². The summed E-state index contributed by atoms with van der Waals surface area (Å²) in [6.07, 6.45) is 17.4. The Bertz CT molecular complexity index is 1850. The van der Waals surface area contributed by atoms with Crippen molar-refractivity contribution in [3.63, 3.8) is 0 Å². The summed E-state index contributed by atoms with van der Waals surface area (Å²) in [6, 6.07) is 0. The second-order valence-corrected chi connectivity index (χ2v) is 20.5. The number of ketones is 4. The fraction of sp³-hybridized carbons (Fsp3) is 0.750. The van der Waals surface area contributed by atoms with E-state index in [1.165, 1.54) is 30.6 Å². The Balaban J connectivity index is 0.000000172. The lowest BCUT2D eigenvalue weighted by atomic mass is 9.44. The van der Waals surface area contributed by atoms with Crippen molar-refractivity contribution in [2.75, 3.05) is 0 Å². The van der Waals surface area contributed by atoms with Gasteiger partial charge >= 0.3 is 11.9 Å². The van der Waals surface area contributed by atoms with E-state index < -0.39 is 11.2 Å². The van der Waals surface area contributed by atoms with Crippen molar-refractivity contribution in [2.24, 2.45) is 63.1 Å². The molecule has 0 heterocycles. The van der Waals surface area contributed by atoms with Crippen LogP contribution in [0.5, 0.6) is 0 Å². The van der Waals surface area contributed by atoms with Crippen molar-refractivity contribution in [1.82, 2.24) is 0 Å². The van der Waals surface area contributed by atoms with E-state index in [1.54, 1.807) is 13.8 Å². The van der Waals surface area contributed by atoms with E-state index in [0.717, 1.165) is 57.8 Å². The predicted octanol–water partition coefficient (Wildman–Crippen LogP) is 9.23. The number of fused-ring (bicyclic) bond motifs is 10. The quantitative estimate of drug-likeness (QED) is 0.260. The summed E-state index contributed by atoms with van der Waals surface area (Å²) >= 11 is 0. The number of ether oxygens (including phenoxy) is 2. The van der Waals surface area contributed by atoms with Crippen LogP contribution in [-0.4, -0.2) is 46.3 Å². The van der Waals surface area contributed by atoms with Crippen molar-refractivity contribution in [3.05, 3.63) is 34.9 Å². The SMILES string of the molecule is CC(=O)O[C@]1(C(C)=O)CC[C@H]2[C@@H]3C=C(C)C4=CC(=O)CC[C@]4(C)[C@H]3CC[C@@]21C.CC(=O)O[C@]1(C(C)=O)CC[C@H]2[C@@H]3C[C@H](C)C4=CC(=O)CC[C@]4(C)[C@H]3CC[C@@]21C. The van der Waals surface area contributed by atoms with Crippen LogP contribution in [0.3, 0.4) is 0 Å². The van der Waals surface area contributed by atoms with Gasteiger partial charge in [-0.05, 0) is 161 Å². The molecule has 13 atom stereocenters. The maximum absolute atomic E-state index is 12.8. The Morgan fingerprint density at radius 2 is 1.11 bits per heavy atom. The Hall–Kier alpha value is -3.16. The number of esters is 2. The fourth-order valence-corrected chi connectivity index (χ4v) is 15.5. The molecular weight excluding hydrogens is 705 g/mol. The van der Waals surface area contributed by atoms with Crippen LogP contribution in [0.25, 0.3) is 0 Å². The number of rotatable bonds is 4. The molecule has 0 amide bonds. The van der Waals surface area contributed by atoms with Gasteiger partial charge in [-0.25, -0.2) is 0 Å². The van der Waals surface area contributed by atoms with E-state index in [9.17, 15) is 28.8 Å². The Morgan fingerprint density at radius 1 is 0.625 bits per heavy atom. The highest BCUT2D eigenvalue weighted by atomic mass is 16.6. The minimum Gasteiger partial charge on any atom is -0.451 e. The molecule has 5 fully saturated rings. The van der Waals surface area contributed by atoms with Gasteiger partial charge in [-0.1, -0.05) is 51.8 Å². The highest BCUT2D eigenvalue weighted by Gasteiger charge is 2.69. The molecule has 8 rings (SSSR count). The molecule has 0 bridgehead atoms. The third-order valence-corrected chi connectivity index (χ3v) is 18.1. The van der Waals surface area contributed by atoms with Gasteiger partial charge in [0.2, 0.25) is 0 Å².